The minimum Gasteiger partial charge on any atom is -0.478 e. The Morgan fingerprint density at radius 3 is 2.79 bits per heavy atom. The van der Waals surface area contributed by atoms with E-state index >= 15 is 0 Å². The second-order valence-electron chi connectivity index (χ2n) is 4.85. The highest BCUT2D eigenvalue weighted by Crippen LogP contribution is 2.22. The van der Waals surface area contributed by atoms with Crippen LogP contribution in [0.3, 0.4) is 0 Å². The monoisotopic (exact) mass is 264 g/mol. The predicted octanol–water partition coefficient (Wildman–Crippen LogP) is 1.10. The number of carboxylic acid groups (broad SMARTS) is 1. The van der Waals surface area contributed by atoms with Crippen LogP contribution in [-0.4, -0.2) is 58.9 Å². The van der Waals surface area contributed by atoms with Gasteiger partial charge in [0.15, 0.2) is 5.82 Å². The van der Waals surface area contributed by atoms with Crippen LogP contribution < -0.4 is 4.90 Å². The van der Waals surface area contributed by atoms with Crippen LogP contribution >= 0.6 is 0 Å². The molecule has 0 bridgehead atoms. The number of aromatic nitrogens is 2. The number of carboxylic acids is 1. The Kier molecular flexibility index (Phi) is 4.31. The third-order valence-corrected chi connectivity index (χ3v) is 3.82. The van der Waals surface area contributed by atoms with Crippen LogP contribution in [0, 0.1) is 0 Å². The molecule has 0 radical (unpaired) electrons. The van der Waals surface area contributed by atoms with Gasteiger partial charge < -0.3 is 14.9 Å². The SMILES string of the molecule is CCN1CCC(N(C)c2nnccc2C(=O)O)CC1. The van der Waals surface area contributed by atoms with E-state index in [2.05, 4.69) is 22.0 Å². The van der Waals surface area contributed by atoms with Crippen LogP contribution in [0.1, 0.15) is 30.1 Å². The molecule has 6 heteroatoms. The normalized spacial score (nSPS) is 17.4. The molecule has 0 saturated carbocycles. The molecule has 0 aliphatic carbocycles. The summed E-state index contributed by atoms with van der Waals surface area (Å²) in [4.78, 5) is 15.6. The number of nitrogens with zero attached hydrogens (tertiary/aromatic N) is 4. The highest BCUT2D eigenvalue weighted by atomic mass is 16.4. The summed E-state index contributed by atoms with van der Waals surface area (Å²) in [6.07, 6.45) is 3.47. The summed E-state index contributed by atoms with van der Waals surface area (Å²) >= 11 is 0. The Bertz CT molecular complexity index is 444. The van der Waals surface area contributed by atoms with Gasteiger partial charge >= 0.3 is 5.97 Å². The van der Waals surface area contributed by atoms with Gasteiger partial charge in [-0.25, -0.2) is 4.79 Å². The molecule has 1 aliphatic rings. The summed E-state index contributed by atoms with van der Waals surface area (Å²) < 4.78 is 0. The van der Waals surface area contributed by atoms with E-state index in [1.807, 2.05) is 11.9 Å². The molecule has 2 rings (SSSR count). The minimum atomic E-state index is -0.956. The Morgan fingerprint density at radius 1 is 1.53 bits per heavy atom. The van der Waals surface area contributed by atoms with Gasteiger partial charge in [-0.2, -0.15) is 5.10 Å². The van der Waals surface area contributed by atoms with Gasteiger partial charge in [0, 0.05) is 26.2 Å². The van der Waals surface area contributed by atoms with Crippen LogP contribution in [0.4, 0.5) is 5.82 Å². The van der Waals surface area contributed by atoms with E-state index in [4.69, 9.17) is 0 Å². The van der Waals surface area contributed by atoms with E-state index in [0.29, 0.717) is 11.9 Å². The standard InChI is InChI=1S/C13H20N4O2/c1-3-17-8-5-10(6-9-17)16(2)12-11(13(18)19)4-7-14-15-12/h4,7,10H,3,5-6,8-9H2,1-2H3,(H,18,19). The number of piperidine rings is 1. The maximum atomic E-state index is 11.2. The molecule has 1 aromatic rings. The fourth-order valence-corrected chi connectivity index (χ4v) is 2.55. The van der Waals surface area contributed by atoms with E-state index in [9.17, 15) is 9.90 Å². The smallest absolute Gasteiger partial charge is 0.339 e. The number of hydrogen-bond donors (Lipinski definition) is 1. The molecule has 2 heterocycles. The zero-order valence-corrected chi connectivity index (χ0v) is 11.4. The molecule has 6 nitrogen and oxygen atoms in total. The maximum Gasteiger partial charge on any atom is 0.339 e. The maximum absolute atomic E-state index is 11.2. The molecule has 0 atom stereocenters. The van der Waals surface area contributed by atoms with E-state index in [1.165, 1.54) is 12.3 Å². The molecule has 1 aliphatic heterocycles. The van der Waals surface area contributed by atoms with Crippen molar-refractivity contribution in [3.05, 3.63) is 17.8 Å². The van der Waals surface area contributed by atoms with Crippen molar-refractivity contribution in [2.75, 3.05) is 31.6 Å². The molecule has 1 aromatic heterocycles. The van der Waals surface area contributed by atoms with Crippen molar-refractivity contribution < 1.29 is 9.90 Å². The van der Waals surface area contributed by atoms with E-state index in [1.54, 1.807) is 0 Å². The molecular weight excluding hydrogens is 244 g/mol. The van der Waals surface area contributed by atoms with Gasteiger partial charge in [0.1, 0.15) is 5.56 Å². The topological polar surface area (TPSA) is 69.6 Å². The minimum absolute atomic E-state index is 0.218. The molecular formula is C13H20N4O2. The van der Waals surface area contributed by atoms with Crippen molar-refractivity contribution in [2.24, 2.45) is 0 Å². The summed E-state index contributed by atoms with van der Waals surface area (Å²) in [5, 5.41) is 17.0. The molecule has 0 aromatic carbocycles. The Balaban J connectivity index is 2.12. The Hall–Kier alpha value is -1.69. The van der Waals surface area contributed by atoms with Gasteiger partial charge in [0.05, 0.1) is 6.20 Å². The van der Waals surface area contributed by atoms with Crippen LogP contribution in [0.25, 0.3) is 0 Å². The second kappa shape index (κ2) is 5.97. The first kappa shape index (κ1) is 13.7. The van der Waals surface area contributed by atoms with Gasteiger partial charge in [0.2, 0.25) is 0 Å². The molecule has 1 N–H and O–H groups in total. The summed E-state index contributed by atoms with van der Waals surface area (Å²) in [5.74, 6) is -0.493. The van der Waals surface area contributed by atoms with Gasteiger partial charge in [-0.15, -0.1) is 5.10 Å². The average Bonchev–Trinajstić information content (AvgIpc) is 2.46. The van der Waals surface area contributed by atoms with Crippen molar-refractivity contribution in [3.8, 4) is 0 Å². The lowest BCUT2D eigenvalue weighted by Gasteiger charge is -2.36. The lowest BCUT2D eigenvalue weighted by Crippen LogP contribution is -2.44. The highest BCUT2D eigenvalue weighted by molar-refractivity contribution is 5.93. The number of hydrogen-bond acceptors (Lipinski definition) is 5. The second-order valence-corrected chi connectivity index (χ2v) is 4.85. The number of aromatic carboxylic acids is 1. The van der Waals surface area contributed by atoms with E-state index < -0.39 is 5.97 Å². The van der Waals surface area contributed by atoms with Crippen molar-refractivity contribution in [2.45, 2.75) is 25.8 Å². The largest absolute Gasteiger partial charge is 0.478 e. The molecule has 0 amide bonds. The van der Waals surface area contributed by atoms with Crippen LogP contribution in [-0.2, 0) is 0 Å². The number of anilines is 1. The average molecular weight is 264 g/mol. The number of likely N-dealkylation sites (tertiary alicyclic amines) is 1. The summed E-state index contributed by atoms with van der Waals surface area (Å²) in [6, 6.07) is 1.83. The van der Waals surface area contributed by atoms with Gasteiger partial charge in [-0.05, 0) is 25.5 Å². The summed E-state index contributed by atoms with van der Waals surface area (Å²) in [5.41, 5.74) is 0.218. The number of rotatable bonds is 4. The molecule has 0 spiro atoms. The summed E-state index contributed by atoms with van der Waals surface area (Å²) in [6.45, 7) is 5.33. The third kappa shape index (κ3) is 3.01. The van der Waals surface area contributed by atoms with Gasteiger partial charge in [-0.1, -0.05) is 6.92 Å². The first-order chi connectivity index (χ1) is 9.13. The fourth-order valence-electron chi connectivity index (χ4n) is 2.55. The van der Waals surface area contributed by atoms with Gasteiger partial charge in [-0.3, -0.25) is 0 Å². The summed E-state index contributed by atoms with van der Waals surface area (Å²) in [7, 11) is 1.91. The first-order valence-electron chi connectivity index (χ1n) is 6.63. The van der Waals surface area contributed by atoms with E-state index in [0.717, 1.165) is 32.5 Å². The quantitative estimate of drug-likeness (QED) is 0.878. The van der Waals surface area contributed by atoms with Crippen molar-refractivity contribution >= 4 is 11.8 Å². The molecule has 19 heavy (non-hydrogen) atoms. The lowest BCUT2D eigenvalue weighted by atomic mass is 10.0. The Morgan fingerprint density at radius 2 is 2.21 bits per heavy atom. The zero-order chi connectivity index (χ0) is 13.8. The third-order valence-electron chi connectivity index (χ3n) is 3.82. The predicted molar refractivity (Wildman–Crippen MR) is 72.5 cm³/mol. The van der Waals surface area contributed by atoms with Crippen molar-refractivity contribution in [1.82, 2.24) is 15.1 Å². The molecule has 1 saturated heterocycles. The van der Waals surface area contributed by atoms with Crippen molar-refractivity contribution in [3.63, 3.8) is 0 Å². The molecule has 0 unspecified atom stereocenters. The van der Waals surface area contributed by atoms with Crippen LogP contribution in [0.5, 0.6) is 0 Å². The number of carbonyl (C=O) groups is 1. The molecule has 1 fully saturated rings. The van der Waals surface area contributed by atoms with Crippen molar-refractivity contribution in [1.29, 1.82) is 0 Å². The Labute approximate surface area is 113 Å². The van der Waals surface area contributed by atoms with Gasteiger partial charge in [0.25, 0.3) is 0 Å². The van der Waals surface area contributed by atoms with E-state index in [-0.39, 0.29) is 5.56 Å². The lowest BCUT2D eigenvalue weighted by molar-refractivity contribution is 0.0696. The fraction of sp³-hybridized carbons (Fsp3) is 0.615. The highest BCUT2D eigenvalue weighted by Gasteiger charge is 2.25. The zero-order valence-electron chi connectivity index (χ0n) is 11.4. The van der Waals surface area contributed by atoms with Crippen LogP contribution in [0.15, 0.2) is 12.3 Å². The molecule has 104 valence electrons. The first-order valence-corrected chi connectivity index (χ1v) is 6.63. The van der Waals surface area contributed by atoms with Crippen LogP contribution in [0.2, 0.25) is 0 Å².